The van der Waals surface area contributed by atoms with E-state index in [1.807, 2.05) is 33.8 Å². The van der Waals surface area contributed by atoms with E-state index in [1.165, 1.54) is 22.8 Å². The number of sulfonamides is 1. The Kier molecular flexibility index (Phi) is 6.78. The molecule has 8 heteroatoms. The molecule has 2 N–H and O–H groups in total. The summed E-state index contributed by atoms with van der Waals surface area (Å²) in [6.07, 6.45) is 1.57. The van der Waals surface area contributed by atoms with Crippen molar-refractivity contribution in [2.45, 2.75) is 51.5 Å². The molecule has 3 aromatic rings. The molecule has 0 aliphatic rings. The number of nitrogens with one attached hydrogen (secondary N) is 2. The lowest BCUT2D eigenvalue weighted by atomic mass is 9.87. The minimum Gasteiger partial charge on any atom is -0.321 e. The van der Waals surface area contributed by atoms with Gasteiger partial charge in [-0.2, -0.15) is 0 Å². The molecule has 1 amide bonds. The molecule has 0 saturated carbocycles. The van der Waals surface area contributed by atoms with Crippen LogP contribution in [0.3, 0.4) is 0 Å². The Balaban J connectivity index is 1.85. The number of rotatable bonds is 6. The minimum atomic E-state index is -3.86. The molecule has 0 bridgehead atoms. The third-order valence-corrected chi connectivity index (χ3v) is 6.83. The summed E-state index contributed by atoms with van der Waals surface area (Å²) in [5, 5.41) is 2.74. The van der Waals surface area contributed by atoms with Gasteiger partial charge in [0.1, 0.15) is 0 Å². The van der Waals surface area contributed by atoms with Crippen molar-refractivity contribution < 1.29 is 13.2 Å². The maximum absolute atomic E-state index is 13.1. The van der Waals surface area contributed by atoms with Gasteiger partial charge in [-0.05, 0) is 60.7 Å². The van der Waals surface area contributed by atoms with Gasteiger partial charge in [-0.25, -0.2) is 8.42 Å². The summed E-state index contributed by atoms with van der Waals surface area (Å²) in [7, 11) is -3.86. The molecule has 0 spiro atoms. The van der Waals surface area contributed by atoms with E-state index >= 15 is 0 Å². The topological polar surface area (TPSA) is 97.3 Å². The van der Waals surface area contributed by atoms with Crippen LogP contribution in [0.5, 0.6) is 0 Å². The molecule has 1 aromatic heterocycles. The molecule has 1 heterocycles. The van der Waals surface area contributed by atoms with Gasteiger partial charge in [0, 0.05) is 30.1 Å². The van der Waals surface area contributed by atoms with Crippen LogP contribution < -0.4 is 15.6 Å². The first kappa shape index (κ1) is 24.3. The number of hydrogen-bond acceptors (Lipinski definition) is 4. The predicted molar refractivity (Wildman–Crippen MR) is 131 cm³/mol. The van der Waals surface area contributed by atoms with Crippen LogP contribution in [0.2, 0.25) is 0 Å². The van der Waals surface area contributed by atoms with Crippen molar-refractivity contribution in [2.75, 3.05) is 10.0 Å². The van der Waals surface area contributed by atoms with Gasteiger partial charge in [-0.1, -0.05) is 39.0 Å². The van der Waals surface area contributed by atoms with E-state index in [2.05, 4.69) is 10.0 Å². The van der Waals surface area contributed by atoms with Gasteiger partial charge in [0.25, 0.3) is 21.5 Å². The normalized spacial score (nSPS) is 11.8. The molecule has 174 valence electrons. The molecule has 0 unspecified atom stereocenters. The molecule has 0 aliphatic carbocycles. The van der Waals surface area contributed by atoms with E-state index in [9.17, 15) is 18.0 Å². The quantitative estimate of drug-likeness (QED) is 0.557. The van der Waals surface area contributed by atoms with Gasteiger partial charge in [0.15, 0.2) is 0 Å². The SMILES string of the molecule is CCn1cc(NC(=O)c2cccc(NS(=O)(=O)c3cc(C(C)(C)C)ccc3C)c2)ccc1=O. The van der Waals surface area contributed by atoms with Crippen LogP contribution in [-0.4, -0.2) is 18.9 Å². The second-order valence-electron chi connectivity index (χ2n) is 8.91. The highest BCUT2D eigenvalue weighted by Gasteiger charge is 2.22. The summed E-state index contributed by atoms with van der Waals surface area (Å²) in [5.74, 6) is -0.414. The van der Waals surface area contributed by atoms with Gasteiger partial charge in [0.05, 0.1) is 10.6 Å². The average molecular weight is 468 g/mol. The lowest BCUT2D eigenvalue weighted by Crippen LogP contribution is -2.20. The minimum absolute atomic E-state index is 0.155. The summed E-state index contributed by atoms with van der Waals surface area (Å²) in [4.78, 5) is 24.7. The Morgan fingerprint density at radius 2 is 1.73 bits per heavy atom. The molecule has 7 nitrogen and oxygen atoms in total. The van der Waals surface area contributed by atoms with E-state index in [4.69, 9.17) is 0 Å². The summed E-state index contributed by atoms with van der Waals surface area (Å²) < 4.78 is 30.3. The van der Waals surface area contributed by atoms with E-state index in [1.54, 1.807) is 43.5 Å². The van der Waals surface area contributed by atoms with Crippen LogP contribution in [0.15, 0.2) is 70.5 Å². The smallest absolute Gasteiger partial charge is 0.262 e. The monoisotopic (exact) mass is 467 g/mol. The number of carbonyl (C=O) groups is 1. The molecule has 0 fully saturated rings. The number of hydrogen-bond donors (Lipinski definition) is 2. The largest absolute Gasteiger partial charge is 0.321 e. The number of aryl methyl sites for hydroxylation is 2. The molecule has 0 aliphatic heterocycles. The fourth-order valence-corrected chi connectivity index (χ4v) is 4.67. The van der Waals surface area contributed by atoms with Crippen molar-refractivity contribution in [3.05, 3.63) is 87.8 Å². The Morgan fingerprint density at radius 1 is 1.00 bits per heavy atom. The Bertz CT molecular complexity index is 1350. The van der Waals surface area contributed by atoms with Crippen LogP contribution in [-0.2, 0) is 22.0 Å². The summed E-state index contributed by atoms with van der Waals surface area (Å²) in [5.41, 5.74) is 2.23. The van der Waals surface area contributed by atoms with Crippen molar-refractivity contribution in [1.82, 2.24) is 4.57 Å². The van der Waals surface area contributed by atoms with Crippen LogP contribution in [0.4, 0.5) is 11.4 Å². The lowest BCUT2D eigenvalue weighted by molar-refractivity contribution is 0.102. The second kappa shape index (κ2) is 9.23. The first-order chi connectivity index (χ1) is 15.4. The molecular weight excluding hydrogens is 438 g/mol. The van der Waals surface area contributed by atoms with Crippen molar-refractivity contribution in [1.29, 1.82) is 0 Å². The highest BCUT2D eigenvalue weighted by atomic mass is 32.2. The molecule has 0 saturated heterocycles. The van der Waals surface area contributed by atoms with E-state index in [0.717, 1.165) is 5.56 Å². The van der Waals surface area contributed by atoms with Gasteiger partial charge in [0.2, 0.25) is 0 Å². The highest BCUT2D eigenvalue weighted by Crippen LogP contribution is 2.28. The number of nitrogens with zero attached hydrogens (tertiary/aromatic N) is 1. The third kappa shape index (κ3) is 5.70. The number of amides is 1. The number of anilines is 2. The van der Waals surface area contributed by atoms with Crippen LogP contribution in [0.25, 0.3) is 0 Å². The first-order valence-corrected chi connectivity index (χ1v) is 12.1. The standard InChI is InChI=1S/C25H29N3O4S/c1-6-28-16-21(12-13-23(28)29)26-24(30)18-8-7-9-20(14-18)27-33(31,32)22-15-19(25(3,4)5)11-10-17(22)2/h7-16,27H,6H2,1-5H3,(H,26,30). The highest BCUT2D eigenvalue weighted by molar-refractivity contribution is 7.92. The number of aromatic nitrogens is 1. The van der Waals surface area contributed by atoms with Crippen LogP contribution in [0.1, 0.15) is 49.2 Å². The maximum Gasteiger partial charge on any atom is 0.262 e. The Hall–Kier alpha value is -3.39. The van der Waals surface area contributed by atoms with E-state index < -0.39 is 15.9 Å². The number of carbonyl (C=O) groups excluding carboxylic acids is 1. The molecular formula is C25H29N3O4S. The summed E-state index contributed by atoms with van der Waals surface area (Å²) in [6, 6.07) is 14.6. The Labute approximate surface area is 194 Å². The van der Waals surface area contributed by atoms with Crippen molar-refractivity contribution in [2.24, 2.45) is 0 Å². The van der Waals surface area contributed by atoms with E-state index in [0.29, 0.717) is 17.8 Å². The summed E-state index contributed by atoms with van der Waals surface area (Å²) in [6.45, 7) is 10.1. The lowest BCUT2D eigenvalue weighted by Gasteiger charge is -2.21. The zero-order chi connectivity index (χ0) is 24.4. The number of benzene rings is 2. The fourth-order valence-electron chi connectivity index (χ4n) is 3.35. The van der Waals surface area contributed by atoms with Crippen LogP contribution in [0, 0.1) is 6.92 Å². The molecule has 0 radical (unpaired) electrons. The van der Waals surface area contributed by atoms with Crippen molar-refractivity contribution >= 4 is 27.3 Å². The predicted octanol–water partition coefficient (Wildman–Crippen LogP) is 4.53. The summed E-state index contributed by atoms with van der Waals surface area (Å²) >= 11 is 0. The van der Waals surface area contributed by atoms with Gasteiger partial charge in [-0.3, -0.25) is 14.3 Å². The average Bonchev–Trinajstić information content (AvgIpc) is 2.74. The maximum atomic E-state index is 13.1. The van der Waals surface area contributed by atoms with Gasteiger partial charge < -0.3 is 9.88 Å². The van der Waals surface area contributed by atoms with Crippen LogP contribution >= 0.6 is 0 Å². The number of pyridine rings is 1. The first-order valence-electron chi connectivity index (χ1n) is 10.7. The molecule has 3 rings (SSSR count). The van der Waals surface area contributed by atoms with Crippen molar-refractivity contribution in [3.63, 3.8) is 0 Å². The van der Waals surface area contributed by atoms with E-state index in [-0.39, 0.29) is 27.1 Å². The van der Waals surface area contributed by atoms with Gasteiger partial charge in [-0.15, -0.1) is 0 Å². The zero-order valence-corrected chi connectivity index (χ0v) is 20.3. The fraction of sp³-hybridized carbons (Fsp3) is 0.280. The molecule has 2 aromatic carbocycles. The van der Waals surface area contributed by atoms with Gasteiger partial charge >= 0.3 is 0 Å². The molecule has 0 atom stereocenters. The Morgan fingerprint density at radius 3 is 2.39 bits per heavy atom. The molecule has 33 heavy (non-hydrogen) atoms. The zero-order valence-electron chi connectivity index (χ0n) is 19.5. The third-order valence-electron chi connectivity index (χ3n) is 5.30. The second-order valence-corrected chi connectivity index (χ2v) is 10.6. The van der Waals surface area contributed by atoms with Crippen molar-refractivity contribution in [3.8, 4) is 0 Å².